The number of nitrogens with one attached hydrogen (secondary N) is 2. The first-order chi connectivity index (χ1) is 8.37. The minimum Gasteiger partial charge on any atom is -0.356 e. The van der Waals surface area contributed by atoms with Gasteiger partial charge in [-0.05, 0) is 17.8 Å². The summed E-state index contributed by atoms with van der Waals surface area (Å²) >= 11 is 0. The molecule has 18 heavy (non-hydrogen) atoms. The smallest absolute Gasteiger partial charge is 0.220 e. The maximum atomic E-state index is 11.7. The molecule has 5 nitrogen and oxygen atoms in total. The Hall–Kier alpha value is -1.39. The summed E-state index contributed by atoms with van der Waals surface area (Å²) in [6.07, 6.45) is 3.82. The molecule has 0 bridgehead atoms. The van der Waals surface area contributed by atoms with Crippen LogP contribution in [0.5, 0.6) is 0 Å². The fourth-order valence-electron chi connectivity index (χ4n) is 2.18. The predicted octanol–water partition coefficient (Wildman–Crippen LogP) is 1.93. The van der Waals surface area contributed by atoms with Crippen LogP contribution < -0.4 is 5.32 Å². The highest BCUT2D eigenvalue weighted by molar-refractivity contribution is 5.76. The van der Waals surface area contributed by atoms with E-state index in [-0.39, 0.29) is 11.3 Å². The molecular weight excluding hydrogens is 228 g/mol. The first-order valence-electron chi connectivity index (χ1n) is 6.48. The molecule has 0 saturated heterocycles. The van der Waals surface area contributed by atoms with E-state index < -0.39 is 0 Å². The van der Waals surface area contributed by atoms with Gasteiger partial charge in [0.1, 0.15) is 12.2 Å². The third-order valence-electron chi connectivity index (χ3n) is 2.64. The highest BCUT2D eigenvalue weighted by atomic mass is 16.1. The van der Waals surface area contributed by atoms with Crippen LogP contribution >= 0.6 is 0 Å². The van der Waals surface area contributed by atoms with Crippen LogP contribution in [0.4, 0.5) is 0 Å². The zero-order valence-electron chi connectivity index (χ0n) is 11.8. The maximum absolute atomic E-state index is 11.7. The molecule has 0 saturated carbocycles. The summed E-state index contributed by atoms with van der Waals surface area (Å²) in [5, 5.41) is 9.44. The van der Waals surface area contributed by atoms with E-state index in [1.807, 2.05) is 0 Å². The van der Waals surface area contributed by atoms with E-state index in [0.29, 0.717) is 25.3 Å². The Morgan fingerprint density at radius 2 is 2.22 bits per heavy atom. The summed E-state index contributed by atoms with van der Waals surface area (Å²) in [7, 11) is 0. The number of nitrogens with zero attached hydrogens (tertiary/aromatic N) is 2. The van der Waals surface area contributed by atoms with Crippen LogP contribution in [-0.4, -0.2) is 27.6 Å². The highest BCUT2D eigenvalue weighted by Crippen LogP contribution is 2.25. The molecule has 1 rings (SSSR count). The van der Waals surface area contributed by atoms with Crippen molar-refractivity contribution in [3.8, 4) is 0 Å². The van der Waals surface area contributed by atoms with Crippen LogP contribution in [0.25, 0.3) is 0 Å². The van der Waals surface area contributed by atoms with Gasteiger partial charge in [0.2, 0.25) is 5.91 Å². The molecule has 0 fully saturated rings. The minimum absolute atomic E-state index is 0.117. The second kappa shape index (κ2) is 6.52. The van der Waals surface area contributed by atoms with Crippen molar-refractivity contribution in [3.63, 3.8) is 0 Å². The number of carbonyl (C=O) groups excluding carboxylic acids is 1. The molecule has 102 valence electrons. The van der Waals surface area contributed by atoms with E-state index >= 15 is 0 Å². The Bertz CT molecular complexity index is 354. The van der Waals surface area contributed by atoms with Crippen molar-refractivity contribution in [1.29, 1.82) is 0 Å². The molecule has 1 atom stereocenters. The summed E-state index contributed by atoms with van der Waals surface area (Å²) in [5.41, 5.74) is 0.277. The lowest BCUT2D eigenvalue weighted by Gasteiger charge is -2.22. The summed E-state index contributed by atoms with van der Waals surface area (Å²) < 4.78 is 0. The van der Waals surface area contributed by atoms with Crippen LogP contribution in [-0.2, 0) is 11.2 Å². The van der Waals surface area contributed by atoms with Gasteiger partial charge in [-0.15, -0.1) is 0 Å². The van der Waals surface area contributed by atoms with Gasteiger partial charge in [0.25, 0.3) is 0 Å². The lowest BCUT2D eigenvalue weighted by molar-refractivity contribution is -0.122. The zero-order valence-corrected chi connectivity index (χ0v) is 11.8. The lowest BCUT2D eigenvalue weighted by atomic mass is 9.84. The molecule has 1 aromatic rings. The SMILES string of the molecule is CC(CC(=O)NCCc1ncn[nH]1)CC(C)(C)C. The van der Waals surface area contributed by atoms with Crippen LogP contribution in [0.2, 0.25) is 0 Å². The number of hydrogen-bond donors (Lipinski definition) is 2. The van der Waals surface area contributed by atoms with Gasteiger partial charge in [-0.2, -0.15) is 5.10 Å². The van der Waals surface area contributed by atoms with Crippen LogP contribution in [0, 0.1) is 11.3 Å². The van der Waals surface area contributed by atoms with Crippen molar-refractivity contribution in [2.24, 2.45) is 11.3 Å². The molecule has 1 unspecified atom stereocenters. The third-order valence-corrected chi connectivity index (χ3v) is 2.64. The second-order valence-corrected chi connectivity index (χ2v) is 6.11. The topological polar surface area (TPSA) is 70.7 Å². The van der Waals surface area contributed by atoms with E-state index in [4.69, 9.17) is 0 Å². The summed E-state index contributed by atoms with van der Waals surface area (Å²) in [6.45, 7) is 9.33. The first-order valence-corrected chi connectivity index (χ1v) is 6.48. The molecule has 0 aliphatic carbocycles. The number of aromatic nitrogens is 3. The van der Waals surface area contributed by atoms with Crippen molar-refractivity contribution in [1.82, 2.24) is 20.5 Å². The van der Waals surface area contributed by atoms with Gasteiger partial charge in [0, 0.05) is 19.4 Å². The molecule has 5 heteroatoms. The molecular formula is C13H24N4O. The Morgan fingerprint density at radius 1 is 1.50 bits per heavy atom. The van der Waals surface area contributed by atoms with Gasteiger partial charge in [-0.3, -0.25) is 9.89 Å². The predicted molar refractivity (Wildman–Crippen MR) is 70.9 cm³/mol. The number of amides is 1. The highest BCUT2D eigenvalue weighted by Gasteiger charge is 2.17. The van der Waals surface area contributed by atoms with Gasteiger partial charge >= 0.3 is 0 Å². The normalized spacial score (nSPS) is 13.3. The van der Waals surface area contributed by atoms with E-state index in [0.717, 1.165) is 12.2 Å². The van der Waals surface area contributed by atoms with Gasteiger partial charge < -0.3 is 5.32 Å². The van der Waals surface area contributed by atoms with E-state index in [2.05, 4.69) is 48.2 Å². The molecule has 0 radical (unpaired) electrons. The monoisotopic (exact) mass is 252 g/mol. The third kappa shape index (κ3) is 6.37. The van der Waals surface area contributed by atoms with Gasteiger partial charge in [0.05, 0.1) is 0 Å². The Morgan fingerprint density at radius 3 is 2.78 bits per heavy atom. The summed E-state index contributed by atoms with van der Waals surface area (Å²) in [4.78, 5) is 15.7. The molecule has 0 spiro atoms. The molecule has 0 aliphatic heterocycles. The van der Waals surface area contributed by atoms with Crippen LogP contribution in [0.1, 0.15) is 46.4 Å². The summed E-state index contributed by atoms with van der Waals surface area (Å²) in [6, 6.07) is 0. The zero-order chi connectivity index (χ0) is 13.6. The second-order valence-electron chi connectivity index (χ2n) is 6.11. The quantitative estimate of drug-likeness (QED) is 0.812. The number of H-pyrrole nitrogens is 1. The number of carbonyl (C=O) groups is 1. The standard InChI is InChI=1S/C13H24N4O/c1-10(8-13(2,3)4)7-12(18)14-6-5-11-15-9-16-17-11/h9-10H,5-8H2,1-4H3,(H,14,18)(H,15,16,17). The van der Waals surface area contributed by atoms with Crippen molar-refractivity contribution >= 4 is 5.91 Å². The van der Waals surface area contributed by atoms with Gasteiger partial charge in [-0.1, -0.05) is 27.7 Å². The van der Waals surface area contributed by atoms with Crippen molar-refractivity contribution in [2.45, 2.75) is 47.0 Å². The average molecular weight is 252 g/mol. The van der Waals surface area contributed by atoms with Crippen molar-refractivity contribution < 1.29 is 4.79 Å². The summed E-state index contributed by atoms with van der Waals surface area (Å²) in [5.74, 6) is 1.33. The fourth-order valence-corrected chi connectivity index (χ4v) is 2.18. The van der Waals surface area contributed by atoms with Crippen molar-refractivity contribution in [2.75, 3.05) is 6.54 Å². The van der Waals surface area contributed by atoms with Gasteiger partial charge in [0.15, 0.2) is 0 Å². The van der Waals surface area contributed by atoms with E-state index in [1.165, 1.54) is 6.33 Å². The first kappa shape index (κ1) is 14.7. The molecule has 1 heterocycles. The maximum Gasteiger partial charge on any atom is 0.220 e. The Balaban J connectivity index is 2.17. The Labute approximate surface area is 109 Å². The number of aromatic amines is 1. The van der Waals surface area contributed by atoms with E-state index in [1.54, 1.807) is 0 Å². The Kier molecular flexibility index (Phi) is 5.31. The lowest BCUT2D eigenvalue weighted by Crippen LogP contribution is -2.28. The van der Waals surface area contributed by atoms with Gasteiger partial charge in [-0.25, -0.2) is 4.98 Å². The molecule has 1 aromatic heterocycles. The molecule has 2 N–H and O–H groups in total. The largest absolute Gasteiger partial charge is 0.356 e. The van der Waals surface area contributed by atoms with Crippen LogP contribution in [0.15, 0.2) is 6.33 Å². The molecule has 0 aromatic carbocycles. The average Bonchev–Trinajstić information content (AvgIpc) is 2.66. The van der Waals surface area contributed by atoms with Crippen molar-refractivity contribution in [3.05, 3.63) is 12.2 Å². The molecule has 0 aliphatic rings. The van der Waals surface area contributed by atoms with Crippen LogP contribution in [0.3, 0.4) is 0 Å². The van der Waals surface area contributed by atoms with E-state index in [9.17, 15) is 4.79 Å². The fraction of sp³-hybridized carbons (Fsp3) is 0.769. The number of rotatable bonds is 6. The minimum atomic E-state index is 0.117. The molecule has 1 amide bonds. The number of hydrogen-bond acceptors (Lipinski definition) is 3.